The molecular weight excluding hydrogens is 210 g/mol. The topological polar surface area (TPSA) is 20.5 Å². The number of aryl methyl sites for hydroxylation is 1. The third-order valence-electron chi connectivity index (χ3n) is 3.63. The smallest absolute Gasteiger partial charge is 0.0693 e. The molecule has 0 bridgehead atoms. The Morgan fingerprint density at radius 1 is 1.18 bits per heavy atom. The number of rotatable bonds is 4. The fraction of sp³-hybridized carbons (Fsp3) is 0.500. The van der Waals surface area contributed by atoms with Crippen molar-refractivity contribution in [2.75, 3.05) is 19.6 Å². The Kier molecular flexibility index (Phi) is 3.10. The van der Waals surface area contributed by atoms with E-state index in [0.717, 1.165) is 6.42 Å². The van der Waals surface area contributed by atoms with Gasteiger partial charge < -0.3 is 4.90 Å². The Labute approximate surface area is 102 Å². The maximum atomic E-state index is 4.37. The summed E-state index contributed by atoms with van der Waals surface area (Å²) in [5.74, 6) is 0. The fourth-order valence-electron chi connectivity index (χ4n) is 2.68. The second-order valence-electron chi connectivity index (χ2n) is 4.85. The van der Waals surface area contributed by atoms with Gasteiger partial charge in [0.05, 0.1) is 11.7 Å². The van der Waals surface area contributed by atoms with Gasteiger partial charge >= 0.3 is 0 Å². The molecular formula is C14H19N3. The van der Waals surface area contributed by atoms with Gasteiger partial charge in [-0.25, -0.2) is 4.52 Å². The SMILES string of the molecule is c1ccn2ncc(CCCN3CCCC3)c2c1. The van der Waals surface area contributed by atoms with Crippen LogP contribution in [0.3, 0.4) is 0 Å². The summed E-state index contributed by atoms with van der Waals surface area (Å²) in [6.07, 6.45) is 9.19. The summed E-state index contributed by atoms with van der Waals surface area (Å²) in [6, 6.07) is 6.26. The Bertz CT molecular complexity index is 483. The molecule has 0 amide bonds. The molecule has 2 aromatic heterocycles. The van der Waals surface area contributed by atoms with Gasteiger partial charge in [-0.2, -0.15) is 5.10 Å². The molecule has 0 spiro atoms. The van der Waals surface area contributed by atoms with Gasteiger partial charge in [0.1, 0.15) is 0 Å². The average Bonchev–Trinajstić information content (AvgIpc) is 2.99. The molecule has 3 heteroatoms. The number of likely N-dealkylation sites (tertiary alicyclic amines) is 1. The van der Waals surface area contributed by atoms with E-state index in [2.05, 4.69) is 22.1 Å². The Morgan fingerprint density at radius 3 is 2.94 bits per heavy atom. The maximum absolute atomic E-state index is 4.37. The summed E-state index contributed by atoms with van der Waals surface area (Å²) in [5, 5.41) is 4.37. The number of aromatic nitrogens is 2. The third kappa shape index (κ3) is 2.34. The molecule has 0 atom stereocenters. The Hall–Kier alpha value is -1.35. The van der Waals surface area contributed by atoms with E-state index < -0.39 is 0 Å². The number of hydrogen-bond donors (Lipinski definition) is 0. The van der Waals surface area contributed by atoms with Crippen LogP contribution in [0, 0.1) is 0 Å². The van der Waals surface area contributed by atoms with Crippen LogP contribution in [0.1, 0.15) is 24.8 Å². The van der Waals surface area contributed by atoms with Crippen molar-refractivity contribution in [3.63, 3.8) is 0 Å². The lowest BCUT2D eigenvalue weighted by Gasteiger charge is -2.13. The van der Waals surface area contributed by atoms with Crippen molar-refractivity contribution in [3.05, 3.63) is 36.2 Å². The van der Waals surface area contributed by atoms with E-state index in [1.165, 1.54) is 50.0 Å². The van der Waals surface area contributed by atoms with Crippen LogP contribution in [-0.4, -0.2) is 34.1 Å². The zero-order valence-corrected chi connectivity index (χ0v) is 10.2. The summed E-state index contributed by atoms with van der Waals surface area (Å²) < 4.78 is 1.96. The van der Waals surface area contributed by atoms with Crippen LogP contribution >= 0.6 is 0 Å². The van der Waals surface area contributed by atoms with Crippen LogP contribution in [0.4, 0.5) is 0 Å². The molecule has 1 fully saturated rings. The Balaban J connectivity index is 1.60. The van der Waals surface area contributed by atoms with Gasteiger partial charge in [0, 0.05) is 6.20 Å². The summed E-state index contributed by atoms with van der Waals surface area (Å²) in [7, 11) is 0. The van der Waals surface area contributed by atoms with Crippen LogP contribution in [-0.2, 0) is 6.42 Å². The monoisotopic (exact) mass is 229 g/mol. The van der Waals surface area contributed by atoms with Crippen LogP contribution < -0.4 is 0 Å². The van der Waals surface area contributed by atoms with Gasteiger partial charge in [0.15, 0.2) is 0 Å². The van der Waals surface area contributed by atoms with Crippen LogP contribution in [0.2, 0.25) is 0 Å². The molecule has 90 valence electrons. The predicted molar refractivity (Wildman–Crippen MR) is 69.2 cm³/mol. The first-order chi connectivity index (χ1) is 8.43. The van der Waals surface area contributed by atoms with Crippen LogP contribution in [0.5, 0.6) is 0 Å². The van der Waals surface area contributed by atoms with Crippen LogP contribution in [0.15, 0.2) is 30.6 Å². The number of fused-ring (bicyclic) bond motifs is 1. The van der Waals surface area contributed by atoms with Crippen molar-refractivity contribution in [2.45, 2.75) is 25.7 Å². The van der Waals surface area contributed by atoms with Gasteiger partial charge in [0.25, 0.3) is 0 Å². The highest BCUT2D eigenvalue weighted by atomic mass is 15.2. The predicted octanol–water partition coefficient (Wildman–Crippen LogP) is 2.36. The first-order valence-corrected chi connectivity index (χ1v) is 6.57. The molecule has 1 aliphatic heterocycles. The van der Waals surface area contributed by atoms with Crippen LogP contribution in [0.25, 0.3) is 5.52 Å². The second-order valence-corrected chi connectivity index (χ2v) is 4.85. The highest BCUT2D eigenvalue weighted by molar-refractivity contribution is 5.53. The molecule has 1 saturated heterocycles. The van der Waals surface area contributed by atoms with E-state index in [-0.39, 0.29) is 0 Å². The molecule has 3 rings (SSSR count). The van der Waals surface area contributed by atoms with Gasteiger partial charge in [-0.1, -0.05) is 6.07 Å². The minimum absolute atomic E-state index is 1.14. The third-order valence-corrected chi connectivity index (χ3v) is 3.63. The van der Waals surface area contributed by atoms with E-state index in [4.69, 9.17) is 0 Å². The summed E-state index contributed by atoms with van der Waals surface area (Å²) >= 11 is 0. The molecule has 2 aromatic rings. The minimum Gasteiger partial charge on any atom is -0.303 e. The van der Waals surface area contributed by atoms with Crippen molar-refractivity contribution < 1.29 is 0 Å². The Morgan fingerprint density at radius 2 is 2.06 bits per heavy atom. The molecule has 1 aliphatic rings. The summed E-state index contributed by atoms with van der Waals surface area (Å²) in [5.41, 5.74) is 2.64. The summed E-state index contributed by atoms with van der Waals surface area (Å²) in [4.78, 5) is 2.58. The highest BCUT2D eigenvalue weighted by Gasteiger charge is 2.11. The lowest BCUT2D eigenvalue weighted by atomic mass is 10.1. The molecule has 0 radical (unpaired) electrons. The fourth-order valence-corrected chi connectivity index (χ4v) is 2.68. The first kappa shape index (κ1) is 10.8. The van der Waals surface area contributed by atoms with Crippen molar-refractivity contribution in [1.82, 2.24) is 14.5 Å². The van der Waals surface area contributed by atoms with E-state index >= 15 is 0 Å². The zero-order chi connectivity index (χ0) is 11.5. The van der Waals surface area contributed by atoms with Crippen molar-refractivity contribution in [1.29, 1.82) is 0 Å². The quantitative estimate of drug-likeness (QED) is 0.802. The van der Waals surface area contributed by atoms with Gasteiger partial charge in [0.2, 0.25) is 0 Å². The lowest BCUT2D eigenvalue weighted by molar-refractivity contribution is 0.334. The normalized spacial score (nSPS) is 16.9. The molecule has 17 heavy (non-hydrogen) atoms. The largest absolute Gasteiger partial charge is 0.303 e. The number of nitrogens with zero attached hydrogens (tertiary/aromatic N) is 3. The molecule has 0 aliphatic carbocycles. The average molecular weight is 229 g/mol. The van der Waals surface area contributed by atoms with Gasteiger partial charge in [-0.3, -0.25) is 0 Å². The zero-order valence-electron chi connectivity index (χ0n) is 10.2. The van der Waals surface area contributed by atoms with E-state index in [1.54, 1.807) is 0 Å². The van der Waals surface area contributed by atoms with Gasteiger partial charge in [-0.05, 0) is 63.0 Å². The number of hydrogen-bond acceptors (Lipinski definition) is 2. The van der Waals surface area contributed by atoms with E-state index in [0.29, 0.717) is 0 Å². The molecule has 0 unspecified atom stereocenters. The molecule has 3 heterocycles. The molecule has 0 saturated carbocycles. The molecule has 0 N–H and O–H groups in total. The maximum Gasteiger partial charge on any atom is 0.0693 e. The van der Waals surface area contributed by atoms with Gasteiger partial charge in [-0.15, -0.1) is 0 Å². The highest BCUT2D eigenvalue weighted by Crippen LogP contribution is 2.13. The summed E-state index contributed by atoms with van der Waals surface area (Å²) in [6.45, 7) is 3.84. The van der Waals surface area contributed by atoms with Crippen molar-refractivity contribution in [2.24, 2.45) is 0 Å². The first-order valence-electron chi connectivity index (χ1n) is 6.57. The van der Waals surface area contributed by atoms with Crippen molar-refractivity contribution in [3.8, 4) is 0 Å². The second kappa shape index (κ2) is 4.88. The van der Waals surface area contributed by atoms with Crippen molar-refractivity contribution >= 4 is 5.52 Å². The minimum atomic E-state index is 1.14. The number of pyridine rings is 1. The van der Waals surface area contributed by atoms with E-state index in [1.807, 2.05) is 23.0 Å². The van der Waals surface area contributed by atoms with E-state index in [9.17, 15) is 0 Å². The lowest BCUT2D eigenvalue weighted by Crippen LogP contribution is -2.20. The molecule has 0 aromatic carbocycles. The molecule has 3 nitrogen and oxygen atoms in total. The standard InChI is InChI=1S/C14H19N3/c1-2-11-17-14(7-1)13(12-15-17)6-5-10-16-8-3-4-9-16/h1-2,7,11-12H,3-6,8-10H2.